The minimum atomic E-state index is -0.0968. The monoisotopic (exact) mass is 355 g/mol. The standard InChI is InChI=1S/C16H19Cl2N3O2/c17-12-8-11(9-13(18)10-12)15(22)20-4-6-21(7-5-20)16(23)14-2-1-3-19-14/h8-10,14,19H,1-7H2. The van der Waals surface area contributed by atoms with E-state index in [0.29, 0.717) is 41.8 Å². The zero-order valence-electron chi connectivity index (χ0n) is 12.7. The molecule has 1 aromatic rings. The van der Waals surface area contributed by atoms with Gasteiger partial charge in [0.05, 0.1) is 6.04 Å². The Morgan fingerprint density at radius 3 is 2.17 bits per heavy atom. The zero-order valence-corrected chi connectivity index (χ0v) is 14.2. The summed E-state index contributed by atoms with van der Waals surface area (Å²) in [6, 6.07) is 4.79. The molecular formula is C16H19Cl2N3O2. The Balaban J connectivity index is 1.59. The summed E-state index contributed by atoms with van der Waals surface area (Å²) in [4.78, 5) is 28.5. The normalized spacial score (nSPS) is 21.6. The maximum absolute atomic E-state index is 12.5. The van der Waals surface area contributed by atoms with Gasteiger partial charge in [0, 0.05) is 41.8 Å². The van der Waals surface area contributed by atoms with Gasteiger partial charge in [-0.1, -0.05) is 23.2 Å². The molecule has 0 spiro atoms. The SMILES string of the molecule is O=C(c1cc(Cl)cc(Cl)c1)N1CCN(C(=O)C2CCCN2)CC1. The summed E-state index contributed by atoms with van der Waals surface area (Å²) in [6.45, 7) is 3.10. The predicted molar refractivity (Wildman–Crippen MR) is 90.0 cm³/mol. The third kappa shape index (κ3) is 3.79. The van der Waals surface area contributed by atoms with E-state index >= 15 is 0 Å². The third-order valence-corrected chi connectivity index (χ3v) is 4.78. The molecule has 1 unspecified atom stereocenters. The number of hydrogen-bond donors (Lipinski definition) is 1. The van der Waals surface area contributed by atoms with Gasteiger partial charge in [-0.2, -0.15) is 0 Å². The first kappa shape index (κ1) is 16.6. The molecule has 0 aromatic heterocycles. The van der Waals surface area contributed by atoms with Crippen molar-refractivity contribution in [3.8, 4) is 0 Å². The first-order chi connectivity index (χ1) is 11.0. The van der Waals surface area contributed by atoms with Crippen molar-refractivity contribution in [3.63, 3.8) is 0 Å². The van der Waals surface area contributed by atoms with E-state index in [4.69, 9.17) is 23.2 Å². The molecule has 0 aliphatic carbocycles. The van der Waals surface area contributed by atoms with Crippen molar-refractivity contribution in [2.75, 3.05) is 32.7 Å². The minimum Gasteiger partial charge on any atom is -0.338 e. The molecule has 2 saturated heterocycles. The lowest BCUT2D eigenvalue weighted by atomic mass is 10.1. The second kappa shape index (κ2) is 7.07. The Bertz CT molecular complexity index is 589. The first-order valence-corrected chi connectivity index (χ1v) is 8.58. The summed E-state index contributed by atoms with van der Waals surface area (Å²) in [6.07, 6.45) is 1.95. The first-order valence-electron chi connectivity index (χ1n) is 7.82. The van der Waals surface area contributed by atoms with Crippen LogP contribution in [0.3, 0.4) is 0 Å². The van der Waals surface area contributed by atoms with Crippen molar-refractivity contribution in [3.05, 3.63) is 33.8 Å². The summed E-state index contributed by atoms with van der Waals surface area (Å²) >= 11 is 11.9. The predicted octanol–water partition coefficient (Wildman–Crippen LogP) is 2.03. The number of nitrogens with one attached hydrogen (secondary N) is 1. The van der Waals surface area contributed by atoms with Gasteiger partial charge in [0.1, 0.15) is 0 Å². The quantitative estimate of drug-likeness (QED) is 0.882. The molecule has 1 N–H and O–H groups in total. The third-order valence-electron chi connectivity index (χ3n) is 4.35. The summed E-state index contributed by atoms with van der Waals surface area (Å²) < 4.78 is 0. The molecule has 2 heterocycles. The molecule has 23 heavy (non-hydrogen) atoms. The fourth-order valence-corrected chi connectivity index (χ4v) is 3.63. The highest BCUT2D eigenvalue weighted by Crippen LogP contribution is 2.21. The molecule has 124 valence electrons. The molecular weight excluding hydrogens is 337 g/mol. The lowest BCUT2D eigenvalue weighted by Gasteiger charge is -2.36. The fourth-order valence-electron chi connectivity index (χ4n) is 3.11. The second-order valence-corrected chi connectivity index (χ2v) is 6.80. The lowest BCUT2D eigenvalue weighted by molar-refractivity contribution is -0.134. The molecule has 2 fully saturated rings. The van der Waals surface area contributed by atoms with Crippen LogP contribution in [0.1, 0.15) is 23.2 Å². The van der Waals surface area contributed by atoms with Gasteiger partial charge in [0.15, 0.2) is 0 Å². The number of hydrogen-bond acceptors (Lipinski definition) is 3. The Morgan fingerprint density at radius 1 is 1.00 bits per heavy atom. The van der Waals surface area contributed by atoms with E-state index in [1.807, 2.05) is 4.90 Å². The number of amides is 2. The molecule has 1 atom stereocenters. The lowest BCUT2D eigenvalue weighted by Crippen LogP contribution is -2.54. The van der Waals surface area contributed by atoms with Gasteiger partial charge >= 0.3 is 0 Å². The Kier molecular flexibility index (Phi) is 5.09. The summed E-state index contributed by atoms with van der Waals surface area (Å²) in [5, 5.41) is 4.12. The Labute approximate surface area is 145 Å². The molecule has 2 aliphatic heterocycles. The second-order valence-electron chi connectivity index (χ2n) is 5.92. The van der Waals surface area contributed by atoms with Gasteiger partial charge in [-0.05, 0) is 37.6 Å². The fraction of sp³-hybridized carbons (Fsp3) is 0.500. The van der Waals surface area contributed by atoms with Crippen LogP contribution < -0.4 is 5.32 Å². The van der Waals surface area contributed by atoms with E-state index < -0.39 is 0 Å². The topological polar surface area (TPSA) is 52.7 Å². The summed E-state index contributed by atoms with van der Waals surface area (Å²) in [5.74, 6) is 0.0564. The number of nitrogens with zero attached hydrogens (tertiary/aromatic N) is 2. The minimum absolute atomic E-state index is 0.0519. The van der Waals surface area contributed by atoms with Crippen LogP contribution in [-0.2, 0) is 4.79 Å². The maximum atomic E-state index is 12.5. The maximum Gasteiger partial charge on any atom is 0.254 e. The van der Waals surface area contributed by atoms with E-state index in [9.17, 15) is 9.59 Å². The highest BCUT2D eigenvalue weighted by atomic mass is 35.5. The van der Waals surface area contributed by atoms with Crippen molar-refractivity contribution >= 4 is 35.0 Å². The van der Waals surface area contributed by atoms with Crippen LogP contribution in [0.15, 0.2) is 18.2 Å². The van der Waals surface area contributed by atoms with E-state index in [2.05, 4.69) is 5.32 Å². The van der Waals surface area contributed by atoms with Gasteiger partial charge in [-0.3, -0.25) is 9.59 Å². The van der Waals surface area contributed by atoms with E-state index in [1.54, 1.807) is 23.1 Å². The Hall–Kier alpha value is -1.30. The van der Waals surface area contributed by atoms with Gasteiger partial charge in [0.25, 0.3) is 5.91 Å². The zero-order chi connectivity index (χ0) is 16.4. The molecule has 0 bridgehead atoms. The number of piperazine rings is 1. The Morgan fingerprint density at radius 2 is 1.61 bits per heavy atom. The van der Waals surface area contributed by atoms with Crippen molar-refractivity contribution in [2.45, 2.75) is 18.9 Å². The molecule has 0 saturated carbocycles. The highest BCUT2D eigenvalue weighted by molar-refractivity contribution is 6.35. The molecule has 0 radical (unpaired) electrons. The summed E-state index contributed by atoms with van der Waals surface area (Å²) in [7, 11) is 0. The summed E-state index contributed by atoms with van der Waals surface area (Å²) in [5.41, 5.74) is 0.486. The largest absolute Gasteiger partial charge is 0.338 e. The number of carbonyl (C=O) groups is 2. The number of halogens is 2. The van der Waals surface area contributed by atoms with E-state index in [0.717, 1.165) is 19.4 Å². The van der Waals surface area contributed by atoms with E-state index in [1.165, 1.54) is 0 Å². The van der Waals surface area contributed by atoms with Crippen LogP contribution in [0, 0.1) is 0 Å². The number of rotatable bonds is 2. The molecule has 2 amide bonds. The van der Waals surface area contributed by atoms with Gasteiger partial charge in [-0.15, -0.1) is 0 Å². The van der Waals surface area contributed by atoms with Crippen LogP contribution in [0.4, 0.5) is 0 Å². The van der Waals surface area contributed by atoms with Gasteiger partial charge < -0.3 is 15.1 Å². The van der Waals surface area contributed by atoms with Crippen LogP contribution in [0.2, 0.25) is 10.0 Å². The van der Waals surface area contributed by atoms with Gasteiger partial charge in [-0.25, -0.2) is 0 Å². The van der Waals surface area contributed by atoms with Gasteiger partial charge in [0.2, 0.25) is 5.91 Å². The van der Waals surface area contributed by atoms with Crippen molar-refractivity contribution < 1.29 is 9.59 Å². The molecule has 3 rings (SSSR count). The average molecular weight is 356 g/mol. The van der Waals surface area contributed by atoms with Crippen LogP contribution in [-0.4, -0.2) is 60.4 Å². The highest BCUT2D eigenvalue weighted by Gasteiger charge is 2.30. The van der Waals surface area contributed by atoms with E-state index in [-0.39, 0.29) is 17.9 Å². The van der Waals surface area contributed by atoms with Crippen LogP contribution >= 0.6 is 23.2 Å². The van der Waals surface area contributed by atoms with Crippen molar-refractivity contribution in [2.24, 2.45) is 0 Å². The average Bonchev–Trinajstić information content (AvgIpc) is 3.07. The van der Waals surface area contributed by atoms with Crippen LogP contribution in [0.25, 0.3) is 0 Å². The number of benzene rings is 1. The van der Waals surface area contributed by atoms with Crippen molar-refractivity contribution in [1.29, 1.82) is 0 Å². The molecule has 2 aliphatic rings. The molecule has 5 nitrogen and oxygen atoms in total. The van der Waals surface area contributed by atoms with Crippen LogP contribution in [0.5, 0.6) is 0 Å². The molecule has 1 aromatic carbocycles. The smallest absolute Gasteiger partial charge is 0.254 e. The number of carbonyl (C=O) groups excluding carboxylic acids is 2. The van der Waals surface area contributed by atoms with Crippen molar-refractivity contribution in [1.82, 2.24) is 15.1 Å². The molecule has 7 heteroatoms.